The number of hydrogen-bond acceptors (Lipinski definition) is 4. The van der Waals surface area contributed by atoms with Crippen LogP contribution in [0.2, 0.25) is 0 Å². The molecule has 0 aliphatic carbocycles. The molecule has 0 spiro atoms. The Morgan fingerprint density at radius 2 is 1.76 bits per heavy atom. The molecule has 0 radical (unpaired) electrons. The number of aromatic nitrogens is 2. The fraction of sp³-hybridized carbons (Fsp3) is 0.379. The lowest BCUT2D eigenvalue weighted by molar-refractivity contribution is -0.125. The number of unbranched alkanes of at least 4 members (excludes halogenated alkanes) is 1. The first-order valence-electron chi connectivity index (χ1n) is 11.9. The number of rotatable bonds is 8. The second-order valence-corrected chi connectivity index (χ2v) is 9.79. The number of ketones is 1. The molecule has 0 aliphatic heterocycles. The normalized spacial score (nSPS) is 11.3. The van der Waals surface area contributed by atoms with Crippen LogP contribution in [0.4, 0.5) is 0 Å². The first-order chi connectivity index (χ1) is 16.2. The number of benzene rings is 2. The molecule has 0 amide bonds. The van der Waals surface area contributed by atoms with Gasteiger partial charge in [-0.05, 0) is 36.1 Å². The number of carbonyl (C=O) groups is 1. The highest BCUT2D eigenvalue weighted by molar-refractivity contribution is 5.85. The molecular formula is C29H33N3O2. The molecule has 0 unspecified atom stereocenters. The van der Waals surface area contributed by atoms with Crippen molar-refractivity contribution in [1.82, 2.24) is 9.55 Å². The summed E-state index contributed by atoms with van der Waals surface area (Å²) in [4.78, 5) is 30.0. The zero-order valence-electron chi connectivity index (χ0n) is 20.8. The van der Waals surface area contributed by atoms with E-state index < -0.39 is 5.41 Å². The second-order valence-electron chi connectivity index (χ2n) is 9.79. The Labute approximate surface area is 202 Å². The monoisotopic (exact) mass is 455 g/mol. The van der Waals surface area contributed by atoms with E-state index >= 15 is 0 Å². The lowest BCUT2D eigenvalue weighted by atomic mass is 9.87. The zero-order valence-corrected chi connectivity index (χ0v) is 20.8. The van der Waals surface area contributed by atoms with Crippen molar-refractivity contribution in [2.24, 2.45) is 5.41 Å². The molecule has 0 bridgehead atoms. The summed E-state index contributed by atoms with van der Waals surface area (Å²) in [5.74, 6) is 0.790. The van der Waals surface area contributed by atoms with Gasteiger partial charge in [-0.2, -0.15) is 10.2 Å². The van der Waals surface area contributed by atoms with Gasteiger partial charge in [0.05, 0.1) is 11.6 Å². The van der Waals surface area contributed by atoms with Gasteiger partial charge in [0, 0.05) is 36.1 Å². The van der Waals surface area contributed by atoms with Crippen molar-refractivity contribution >= 4 is 5.78 Å². The van der Waals surface area contributed by atoms with Crippen LogP contribution >= 0.6 is 0 Å². The fourth-order valence-electron chi connectivity index (χ4n) is 3.93. The average Bonchev–Trinajstić information content (AvgIpc) is 2.82. The third-order valence-electron chi connectivity index (χ3n) is 6.22. The molecule has 176 valence electrons. The standard InChI is InChI=1S/C29H33N3O2/c1-6-7-12-27-31-28(34)25(17-26(33)29(3,4)5)20(2)32(27)19-21-13-15-22(16-14-21)24-11-9-8-10-23(24)18-30/h8-11,13-16H,6-7,12,17,19H2,1-5H3. The second kappa shape index (κ2) is 10.6. The fourth-order valence-corrected chi connectivity index (χ4v) is 3.93. The molecule has 1 aromatic heterocycles. The van der Waals surface area contributed by atoms with Crippen LogP contribution in [0, 0.1) is 23.7 Å². The van der Waals surface area contributed by atoms with Gasteiger partial charge in [0.15, 0.2) is 0 Å². The Kier molecular flexibility index (Phi) is 7.83. The average molecular weight is 456 g/mol. The minimum atomic E-state index is -0.514. The topological polar surface area (TPSA) is 75.8 Å². The Morgan fingerprint density at radius 1 is 1.09 bits per heavy atom. The quantitative estimate of drug-likeness (QED) is 0.440. The van der Waals surface area contributed by atoms with E-state index in [4.69, 9.17) is 0 Å². The van der Waals surface area contributed by atoms with Crippen LogP contribution in [0.5, 0.6) is 0 Å². The van der Waals surface area contributed by atoms with Crippen LogP contribution in [0.25, 0.3) is 11.1 Å². The summed E-state index contributed by atoms with van der Waals surface area (Å²) in [7, 11) is 0. The highest BCUT2D eigenvalue weighted by Crippen LogP contribution is 2.24. The molecule has 0 aliphatic rings. The van der Waals surface area contributed by atoms with Crippen LogP contribution in [0.3, 0.4) is 0 Å². The number of nitrogens with zero attached hydrogens (tertiary/aromatic N) is 3. The summed E-state index contributed by atoms with van der Waals surface area (Å²) < 4.78 is 2.08. The van der Waals surface area contributed by atoms with E-state index in [0.29, 0.717) is 24.1 Å². The third-order valence-corrected chi connectivity index (χ3v) is 6.22. The summed E-state index contributed by atoms with van der Waals surface area (Å²) in [5, 5.41) is 9.41. The lowest BCUT2D eigenvalue weighted by Gasteiger charge is -2.21. The van der Waals surface area contributed by atoms with Crippen LogP contribution in [0.15, 0.2) is 53.3 Å². The van der Waals surface area contributed by atoms with E-state index in [2.05, 4.69) is 22.5 Å². The van der Waals surface area contributed by atoms with Crippen molar-refractivity contribution in [3.05, 3.63) is 87.1 Å². The highest BCUT2D eigenvalue weighted by Gasteiger charge is 2.24. The molecular weight excluding hydrogens is 422 g/mol. The number of nitriles is 1. The van der Waals surface area contributed by atoms with Crippen LogP contribution < -0.4 is 5.56 Å². The molecule has 5 heteroatoms. The minimum Gasteiger partial charge on any atom is -0.329 e. The van der Waals surface area contributed by atoms with Gasteiger partial charge in [0.2, 0.25) is 0 Å². The van der Waals surface area contributed by atoms with Gasteiger partial charge in [-0.3, -0.25) is 9.59 Å². The minimum absolute atomic E-state index is 0.0304. The number of aryl methyl sites for hydroxylation is 1. The number of hydrogen-bond donors (Lipinski definition) is 0. The summed E-state index contributed by atoms with van der Waals surface area (Å²) in [5.41, 5.74) is 4.09. The molecule has 0 saturated heterocycles. The van der Waals surface area contributed by atoms with Crippen molar-refractivity contribution in [3.63, 3.8) is 0 Å². The van der Waals surface area contributed by atoms with Crippen molar-refractivity contribution in [3.8, 4) is 17.2 Å². The van der Waals surface area contributed by atoms with Crippen LogP contribution in [0.1, 0.15) is 68.7 Å². The Hall–Kier alpha value is -3.52. The Balaban J connectivity index is 1.99. The Morgan fingerprint density at radius 3 is 2.38 bits per heavy atom. The zero-order chi connectivity index (χ0) is 24.9. The van der Waals surface area contributed by atoms with E-state index in [1.807, 2.05) is 76.2 Å². The maximum absolute atomic E-state index is 12.9. The predicted molar refractivity (Wildman–Crippen MR) is 136 cm³/mol. The molecule has 0 saturated carbocycles. The van der Waals surface area contributed by atoms with Crippen molar-refractivity contribution < 1.29 is 4.79 Å². The molecule has 0 fully saturated rings. The van der Waals surface area contributed by atoms with E-state index in [0.717, 1.165) is 41.1 Å². The summed E-state index contributed by atoms with van der Waals surface area (Å²) >= 11 is 0. The van der Waals surface area contributed by atoms with Gasteiger partial charge in [-0.25, -0.2) is 0 Å². The molecule has 34 heavy (non-hydrogen) atoms. The van der Waals surface area contributed by atoms with Crippen molar-refractivity contribution in [2.45, 2.75) is 66.8 Å². The maximum Gasteiger partial charge on any atom is 0.276 e. The van der Waals surface area contributed by atoms with E-state index in [-0.39, 0.29) is 17.8 Å². The van der Waals surface area contributed by atoms with Crippen molar-refractivity contribution in [1.29, 1.82) is 5.26 Å². The molecule has 2 aromatic carbocycles. The molecule has 0 atom stereocenters. The molecule has 3 rings (SSSR count). The first kappa shape index (κ1) is 25.1. The molecule has 0 N–H and O–H groups in total. The van der Waals surface area contributed by atoms with Gasteiger partial charge in [0.25, 0.3) is 5.56 Å². The van der Waals surface area contributed by atoms with Gasteiger partial charge in [-0.1, -0.05) is 76.6 Å². The van der Waals surface area contributed by atoms with Gasteiger partial charge < -0.3 is 4.57 Å². The van der Waals surface area contributed by atoms with E-state index in [9.17, 15) is 14.9 Å². The van der Waals surface area contributed by atoms with Gasteiger partial charge in [0.1, 0.15) is 11.6 Å². The van der Waals surface area contributed by atoms with Crippen molar-refractivity contribution in [2.75, 3.05) is 0 Å². The third kappa shape index (κ3) is 5.69. The number of carbonyl (C=O) groups excluding carboxylic acids is 1. The maximum atomic E-state index is 12.9. The molecule has 5 nitrogen and oxygen atoms in total. The molecule has 1 heterocycles. The summed E-state index contributed by atoms with van der Waals surface area (Å²) in [6.07, 6.45) is 2.76. The Bertz CT molecular complexity index is 1270. The van der Waals surface area contributed by atoms with E-state index in [1.54, 1.807) is 0 Å². The summed E-state index contributed by atoms with van der Waals surface area (Å²) in [6, 6.07) is 17.9. The predicted octanol–water partition coefficient (Wildman–Crippen LogP) is 5.64. The number of Topliss-reactive ketones (excluding diaryl/α,β-unsaturated/α-hetero) is 1. The van der Waals surface area contributed by atoms with Gasteiger partial charge in [-0.15, -0.1) is 0 Å². The largest absolute Gasteiger partial charge is 0.329 e. The smallest absolute Gasteiger partial charge is 0.276 e. The SMILES string of the molecule is CCCCc1nc(=O)c(CC(=O)C(C)(C)C)c(C)n1Cc1ccc(-c2ccccc2C#N)cc1. The van der Waals surface area contributed by atoms with Gasteiger partial charge >= 0.3 is 0 Å². The summed E-state index contributed by atoms with van der Waals surface area (Å²) in [6.45, 7) is 10.2. The highest BCUT2D eigenvalue weighted by atomic mass is 16.1. The first-order valence-corrected chi connectivity index (χ1v) is 11.9. The lowest BCUT2D eigenvalue weighted by Crippen LogP contribution is -2.30. The van der Waals surface area contributed by atoms with Crippen LogP contribution in [-0.4, -0.2) is 15.3 Å². The van der Waals surface area contributed by atoms with E-state index in [1.165, 1.54) is 0 Å². The molecule has 3 aromatic rings. The van der Waals surface area contributed by atoms with Crippen LogP contribution in [-0.2, 0) is 24.2 Å².